The molecule has 1 aliphatic rings. The number of cyclic esters (lactones) is 2. The molecule has 0 aromatic heterocycles. The van der Waals surface area contributed by atoms with E-state index in [0.717, 1.165) is 0 Å². The Bertz CT molecular complexity index is 311. The minimum absolute atomic E-state index is 0. The molecule has 1 saturated heterocycles. The fourth-order valence-corrected chi connectivity index (χ4v) is 1.32. The van der Waals surface area contributed by atoms with Crippen molar-refractivity contribution in [2.24, 2.45) is 0 Å². The average molecular weight is 220 g/mol. The molecule has 0 amide bonds. The van der Waals surface area contributed by atoms with E-state index in [4.69, 9.17) is 4.55 Å². The van der Waals surface area contributed by atoms with E-state index < -0.39 is 33.7 Å². The van der Waals surface area contributed by atoms with Crippen molar-refractivity contribution in [3.63, 3.8) is 0 Å². The maximum atomic E-state index is 10.4. The van der Waals surface area contributed by atoms with Gasteiger partial charge in [-0.05, 0) is 0 Å². The van der Waals surface area contributed by atoms with E-state index in [2.05, 4.69) is 4.74 Å². The third kappa shape index (κ3) is 2.87. The molecule has 1 rings (SSSR count). The first kappa shape index (κ1) is 12.7. The smallest absolute Gasteiger partial charge is 1.00 e. The summed E-state index contributed by atoms with van der Waals surface area (Å²) in [5.74, 6) is -2.14. The molecule has 1 unspecified atom stereocenters. The molecule has 0 aliphatic carbocycles. The Hall–Kier alpha value is 0.686. The second-order valence-corrected chi connectivity index (χ2v) is 3.60. The molecule has 12 heavy (non-hydrogen) atoms. The monoisotopic (exact) mass is 220 g/mol. The van der Waals surface area contributed by atoms with Crippen molar-refractivity contribution in [2.45, 2.75) is 11.7 Å². The van der Waals surface area contributed by atoms with Crippen LogP contribution in [0.15, 0.2) is 0 Å². The normalized spacial score (nSPS) is 23.2. The molecule has 0 bridgehead atoms. The second kappa shape index (κ2) is 4.27. The van der Waals surface area contributed by atoms with E-state index in [1.165, 1.54) is 0 Å². The molecule has 0 radical (unpaired) electrons. The number of hydrogen-bond acceptors (Lipinski definition) is 5. The first-order chi connectivity index (χ1) is 4.91. The molecular weight excluding hydrogens is 215 g/mol. The zero-order valence-corrected chi connectivity index (χ0v) is 10.1. The van der Waals surface area contributed by atoms with Crippen molar-refractivity contribution in [3.05, 3.63) is 0 Å². The summed E-state index contributed by atoms with van der Waals surface area (Å²) < 4.78 is 32.8. The van der Waals surface area contributed by atoms with Crippen LogP contribution >= 0.6 is 0 Å². The topological polar surface area (TPSA) is 97.7 Å². The Morgan fingerprint density at radius 1 is 1.50 bits per heavy atom. The van der Waals surface area contributed by atoms with Gasteiger partial charge in [-0.2, -0.15) is 8.42 Å². The van der Waals surface area contributed by atoms with Gasteiger partial charge in [0.15, 0.2) is 5.25 Å². The Morgan fingerprint density at radius 2 is 2.00 bits per heavy atom. The van der Waals surface area contributed by atoms with E-state index in [1.54, 1.807) is 0 Å². The minimum atomic E-state index is -4.48. The Labute approximate surface area is 112 Å². The Kier molecular flexibility index (Phi) is 4.51. The van der Waals surface area contributed by atoms with Crippen LogP contribution in [0.3, 0.4) is 0 Å². The van der Waals surface area contributed by atoms with Gasteiger partial charge in [0, 0.05) is 0 Å². The number of ether oxygens (including phenoxy) is 1. The molecule has 1 N–H and O–H groups in total. The average Bonchev–Trinajstić information content (AvgIpc) is 2.08. The molecule has 0 saturated carbocycles. The molecule has 0 spiro atoms. The zero-order valence-electron chi connectivity index (χ0n) is 7.18. The Balaban J connectivity index is 0. The Morgan fingerprint density at radius 3 is 2.17 bits per heavy atom. The molecule has 0 aromatic carbocycles. The van der Waals surface area contributed by atoms with Crippen LogP contribution in [0, 0.1) is 0 Å². The van der Waals surface area contributed by atoms with E-state index >= 15 is 0 Å². The summed E-state index contributed by atoms with van der Waals surface area (Å²) >= 11 is 0. The third-order valence-electron chi connectivity index (χ3n) is 1.19. The van der Waals surface area contributed by atoms with Gasteiger partial charge in [-0.25, -0.2) is 0 Å². The van der Waals surface area contributed by atoms with Crippen molar-refractivity contribution in [3.8, 4) is 0 Å². The van der Waals surface area contributed by atoms with Crippen LogP contribution in [0.25, 0.3) is 0 Å². The van der Waals surface area contributed by atoms with Gasteiger partial charge in [0.2, 0.25) is 0 Å². The first-order valence-electron chi connectivity index (χ1n) is 2.62. The van der Waals surface area contributed by atoms with Gasteiger partial charge in [-0.3, -0.25) is 14.1 Å². The van der Waals surface area contributed by atoms with E-state index in [1.807, 2.05) is 0 Å². The molecule has 0 aromatic rings. The summed E-state index contributed by atoms with van der Waals surface area (Å²) in [4.78, 5) is 20.7. The zero-order chi connectivity index (χ0) is 8.65. The van der Waals surface area contributed by atoms with Crippen LogP contribution in [0.4, 0.5) is 0 Å². The fourth-order valence-electron chi connectivity index (χ4n) is 0.681. The minimum Gasteiger partial charge on any atom is -1.00 e. The van der Waals surface area contributed by atoms with Crippen molar-refractivity contribution < 1.29 is 80.1 Å². The number of hydrogen-bond donors (Lipinski definition) is 1. The number of rotatable bonds is 1. The summed E-state index contributed by atoms with van der Waals surface area (Å²) in [6.45, 7) is 0. The van der Waals surface area contributed by atoms with Crippen molar-refractivity contribution in [1.29, 1.82) is 0 Å². The second-order valence-electron chi connectivity index (χ2n) is 2.00. The van der Waals surface area contributed by atoms with Crippen LogP contribution in [-0.2, 0) is 24.4 Å². The van der Waals surface area contributed by atoms with Gasteiger partial charge < -0.3 is 6.16 Å². The standard InChI is InChI=1S/C4H4O6S.K.H/c5-3-1-2(4(6)10-3)11(7,8)9;;/h2H,1H2,(H,7,8,9);;/q;+1;-1. The van der Waals surface area contributed by atoms with Crippen LogP contribution in [-0.4, -0.2) is 30.2 Å². The maximum absolute atomic E-state index is 10.4. The number of carbonyl (C=O) groups excluding carboxylic acids is 2. The first-order valence-corrected chi connectivity index (χ1v) is 4.12. The van der Waals surface area contributed by atoms with Gasteiger partial charge in [-0.15, -0.1) is 0 Å². The van der Waals surface area contributed by atoms with Gasteiger partial charge in [0.05, 0.1) is 6.42 Å². The fraction of sp³-hybridized carbons (Fsp3) is 0.500. The van der Waals surface area contributed by atoms with Gasteiger partial charge in [0.25, 0.3) is 10.1 Å². The summed E-state index contributed by atoms with van der Waals surface area (Å²) in [6.07, 6.45) is -0.600. The quantitative estimate of drug-likeness (QED) is 0.208. The van der Waals surface area contributed by atoms with Crippen molar-refractivity contribution in [2.75, 3.05) is 0 Å². The predicted molar refractivity (Wildman–Crippen MR) is 32.2 cm³/mol. The van der Waals surface area contributed by atoms with Gasteiger partial charge >= 0.3 is 63.3 Å². The molecule has 1 fully saturated rings. The molecule has 6 nitrogen and oxygen atoms in total. The van der Waals surface area contributed by atoms with Gasteiger partial charge in [0.1, 0.15) is 0 Å². The van der Waals surface area contributed by atoms with Crippen molar-refractivity contribution >= 4 is 22.1 Å². The molecular formula is C4H5KO6S. The van der Waals surface area contributed by atoms with E-state index in [9.17, 15) is 18.0 Å². The van der Waals surface area contributed by atoms with Crippen LogP contribution in [0.2, 0.25) is 0 Å². The van der Waals surface area contributed by atoms with Crippen LogP contribution in [0.1, 0.15) is 7.85 Å². The van der Waals surface area contributed by atoms with Crippen LogP contribution in [0.5, 0.6) is 0 Å². The molecule has 8 heteroatoms. The number of carbonyl (C=O) groups is 2. The maximum Gasteiger partial charge on any atom is 1.00 e. The van der Waals surface area contributed by atoms with Crippen LogP contribution < -0.4 is 51.4 Å². The molecule has 1 atom stereocenters. The molecule has 1 heterocycles. The summed E-state index contributed by atoms with van der Waals surface area (Å²) in [5, 5.41) is -1.73. The number of esters is 2. The summed E-state index contributed by atoms with van der Waals surface area (Å²) in [7, 11) is -4.48. The van der Waals surface area contributed by atoms with Crippen molar-refractivity contribution in [1.82, 2.24) is 0 Å². The third-order valence-corrected chi connectivity index (χ3v) is 2.27. The van der Waals surface area contributed by atoms with E-state index in [0.29, 0.717) is 0 Å². The summed E-state index contributed by atoms with van der Waals surface area (Å²) in [5.41, 5.74) is 0. The largest absolute Gasteiger partial charge is 1.00 e. The molecule has 1 aliphatic heterocycles. The molecule has 64 valence electrons. The van der Waals surface area contributed by atoms with Gasteiger partial charge in [-0.1, -0.05) is 0 Å². The predicted octanol–water partition coefficient (Wildman–Crippen LogP) is -4.17. The van der Waals surface area contributed by atoms with E-state index in [-0.39, 0.29) is 52.8 Å². The SMILES string of the molecule is O=C1CC(S(=O)(=O)O)C(=O)O1.[H-].[K+]. The summed E-state index contributed by atoms with van der Waals surface area (Å²) in [6, 6.07) is 0.